The Morgan fingerprint density at radius 3 is 2.14 bits per heavy atom. The topological polar surface area (TPSA) is 60.0 Å². The summed E-state index contributed by atoms with van der Waals surface area (Å²) < 4.78 is 16.0. The smallest absolute Gasteiger partial charge is 0.164 e. The van der Waals surface area contributed by atoms with Gasteiger partial charge in [0.2, 0.25) is 0 Å². The van der Waals surface area contributed by atoms with Crippen LogP contribution in [-0.2, 0) is 6.54 Å². The zero-order valence-electron chi connectivity index (χ0n) is 13.3. The summed E-state index contributed by atoms with van der Waals surface area (Å²) in [7, 11) is 4.80. The van der Waals surface area contributed by atoms with E-state index in [4.69, 9.17) is 14.2 Å². The van der Waals surface area contributed by atoms with Crippen molar-refractivity contribution in [3.63, 3.8) is 0 Å². The normalized spacial score (nSPS) is 10.2. The number of methoxy groups -OCH3 is 3. The minimum absolute atomic E-state index is 0.268. The average molecular weight is 303 g/mol. The molecule has 2 aromatic rings. The summed E-state index contributed by atoms with van der Waals surface area (Å²) in [6, 6.07) is 9.15. The van der Waals surface area contributed by atoms with Gasteiger partial charge in [-0.1, -0.05) is 6.07 Å². The largest absolute Gasteiger partial charge is 0.508 e. The highest BCUT2D eigenvalue weighted by atomic mass is 16.5. The maximum atomic E-state index is 9.75. The first-order valence-electron chi connectivity index (χ1n) is 6.91. The fourth-order valence-corrected chi connectivity index (χ4v) is 2.15. The number of hydrogen-bond donors (Lipinski definition) is 2. The lowest BCUT2D eigenvalue weighted by Crippen LogP contribution is -2.03. The first-order valence-corrected chi connectivity index (χ1v) is 6.91. The van der Waals surface area contributed by atoms with Gasteiger partial charge in [0.25, 0.3) is 0 Å². The van der Waals surface area contributed by atoms with Crippen LogP contribution in [0.5, 0.6) is 23.0 Å². The van der Waals surface area contributed by atoms with Crippen LogP contribution in [0.3, 0.4) is 0 Å². The Balaban J connectivity index is 2.22. The first kappa shape index (κ1) is 15.8. The molecule has 2 rings (SSSR count). The molecular weight excluding hydrogens is 282 g/mol. The van der Waals surface area contributed by atoms with Gasteiger partial charge in [-0.15, -0.1) is 0 Å². The average Bonchev–Trinajstić information content (AvgIpc) is 2.55. The lowest BCUT2D eigenvalue weighted by atomic mass is 10.1. The molecule has 0 saturated carbocycles. The second-order valence-corrected chi connectivity index (χ2v) is 4.87. The Hall–Kier alpha value is -2.56. The van der Waals surface area contributed by atoms with Crippen molar-refractivity contribution in [3.05, 3.63) is 41.5 Å². The Kier molecular flexibility index (Phi) is 4.99. The summed E-state index contributed by atoms with van der Waals surface area (Å²) in [5.41, 5.74) is 2.61. The zero-order valence-corrected chi connectivity index (χ0v) is 13.3. The summed E-state index contributed by atoms with van der Waals surface area (Å²) in [4.78, 5) is 0. The molecular formula is C17H21NO4. The van der Waals surface area contributed by atoms with Crippen LogP contribution >= 0.6 is 0 Å². The van der Waals surface area contributed by atoms with Gasteiger partial charge in [0.1, 0.15) is 11.5 Å². The van der Waals surface area contributed by atoms with E-state index in [0.29, 0.717) is 23.8 Å². The highest BCUT2D eigenvalue weighted by molar-refractivity contribution is 5.54. The zero-order chi connectivity index (χ0) is 16.1. The van der Waals surface area contributed by atoms with Crippen molar-refractivity contribution in [2.24, 2.45) is 0 Å². The van der Waals surface area contributed by atoms with Gasteiger partial charge >= 0.3 is 0 Å². The molecule has 0 aliphatic rings. The number of hydrogen-bond acceptors (Lipinski definition) is 5. The SMILES string of the molecule is COc1cc(OC)c(OC)cc1CNc1ccc(C)c(O)c1. The second-order valence-electron chi connectivity index (χ2n) is 4.87. The Morgan fingerprint density at radius 2 is 1.55 bits per heavy atom. The molecule has 0 saturated heterocycles. The van der Waals surface area contributed by atoms with Crippen molar-refractivity contribution >= 4 is 5.69 Å². The third-order valence-electron chi connectivity index (χ3n) is 3.48. The van der Waals surface area contributed by atoms with Crippen LogP contribution in [0, 0.1) is 6.92 Å². The molecule has 0 bridgehead atoms. The maximum absolute atomic E-state index is 9.75. The lowest BCUT2D eigenvalue weighted by molar-refractivity contribution is 0.347. The van der Waals surface area contributed by atoms with Gasteiger partial charge in [-0.2, -0.15) is 0 Å². The Morgan fingerprint density at radius 1 is 0.909 bits per heavy atom. The molecule has 0 unspecified atom stereocenters. The van der Waals surface area contributed by atoms with Gasteiger partial charge < -0.3 is 24.6 Å². The van der Waals surface area contributed by atoms with Gasteiger partial charge in [0.05, 0.1) is 21.3 Å². The molecule has 0 radical (unpaired) electrons. The minimum atomic E-state index is 0.268. The van der Waals surface area contributed by atoms with Gasteiger partial charge in [-0.3, -0.25) is 0 Å². The van der Waals surface area contributed by atoms with E-state index in [2.05, 4.69) is 5.32 Å². The maximum Gasteiger partial charge on any atom is 0.164 e. The van der Waals surface area contributed by atoms with Crippen molar-refractivity contribution in [2.45, 2.75) is 13.5 Å². The molecule has 0 aliphatic carbocycles. The summed E-state index contributed by atoms with van der Waals surface area (Å²) in [5, 5.41) is 13.0. The van der Waals surface area contributed by atoms with Gasteiger partial charge in [0, 0.05) is 29.9 Å². The molecule has 0 aromatic heterocycles. The predicted molar refractivity (Wildman–Crippen MR) is 86.3 cm³/mol. The van der Waals surface area contributed by atoms with E-state index in [9.17, 15) is 5.11 Å². The summed E-state index contributed by atoms with van der Waals surface area (Å²) in [5.74, 6) is 2.24. The van der Waals surface area contributed by atoms with E-state index >= 15 is 0 Å². The fraction of sp³-hybridized carbons (Fsp3) is 0.294. The van der Waals surface area contributed by atoms with E-state index in [1.807, 2.05) is 25.1 Å². The van der Waals surface area contributed by atoms with Crippen LogP contribution < -0.4 is 19.5 Å². The van der Waals surface area contributed by atoms with Crippen molar-refractivity contribution in [1.82, 2.24) is 0 Å². The van der Waals surface area contributed by atoms with Crippen LogP contribution in [0.15, 0.2) is 30.3 Å². The third-order valence-corrected chi connectivity index (χ3v) is 3.48. The molecule has 2 N–H and O–H groups in total. The molecule has 0 amide bonds. The number of phenols is 1. The monoisotopic (exact) mass is 303 g/mol. The lowest BCUT2D eigenvalue weighted by Gasteiger charge is -2.15. The van der Waals surface area contributed by atoms with Crippen LogP contribution in [0.1, 0.15) is 11.1 Å². The highest BCUT2D eigenvalue weighted by Gasteiger charge is 2.11. The standard InChI is InChI=1S/C17H21NO4/c1-11-5-6-13(8-14(11)19)18-10-12-7-16(21-3)17(22-4)9-15(12)20-2/h5-9,18-19H,10H2,1-4H3. The number of ether oxygens (including phenoxy) is 3. The van der Waals surface area contributed by atoms with E-state index in [1.54, 1.807) is 33.5 Å². The number of aryl methyl sites for hydroxylation is 1. The first-order chi connectivity index (χ1) is 10.6. The van der Waals surface area contributed by atoms with Crippen molar-refractivity contribution < 1.29 is 19.3 Å². The van der Waals surface area contributed by atoms with E-state index in [-0.39, 0.29) is 5.75 Å². The third kappa shape index (κ3) is 3.36. The summed E-state index contributed by atoms with van der Waals surface area (Å²) >= 11 is 0. The number of anilines is 1. The van der Waals surface area contributed by atoms with E-state index in [0.717, 1.165) is 16.8 Å². The van der Waals surface area contributed by atoms with Crippen LogP contribution in [0.4, 0.5) is 5.69 Å². The second kappa shape index (κ2) is 6.93. The quantitative estimate of drug-likeness (QED) is 0.857. The highest BCUT2D eigenvalue weighted by Crippen LogP contribution is 2.35. The van der Waals surface area contributed by atoms with Crippen molar-refractivity contribution in [1.29, 1.82) is 0 Å². The molecule has 2 aromatic carbocycles. The minimum Gasteiger partial charge on any atom is -0.508 e. The van der Waals surface area contributed by atoms with Crippen LogP contribution in [0.2, 0.25) is 0 Å². The van der Waals surface area contributed by atoms with Gasteiger partial charge in [-0.25, -0.2) is 0 Å². The molecule has 22 heavy (non-hydrogen) atoms. The molecule has 0 heterocycles. The molecule has 0 spiro atoms. The number of aromatic hydroxyl groups is 1. The molecule has 0 atom stereocenters. The van der Waals surface area contributed by atoms with E-state index in [1.165, 1.54) is 0 Å². The Labute approximate surface area is 130 Å². The van der Waals surface area contributed by atoms with Crippen LogP contribution in [-0.4, -0.2) is 26.4 Å². The van der Waals surface area contributed by atoms with Gasteiger partial charge in [-0.05, 0) is 24.6 Å². The number of phenolic OH excluding ortho intramolecular Hbond substituents is 1. The van der Waals surface area contributed by atoms with Gasteiger partial charge in [0.15, 0.2) is 11.5 Å². The van der Waals surface area contributed by atoms with E-state index < -0.39 is 0 Å². The number of rotatable bonds is 6. The molecule has 118 valence electrons. The fourth-order valence-electron chi connectivity index (χ4n) is 2.15. The number of nitrogens with one attached hydrogen (secondary N) is 1. The van der Waals surface area contributed by atoms with Crippen molar-refractivity contribution in [3.8, 4) is 23.0 Å². The van der Waals surface area contributed by atoms with Crippen LogP contribution in [0.25, 0.3) is 0 Å². The Bertz CT molecular complexity index is 655. The predicted octanol–water partition coefficient (Wildman–Crippen LogP) is 3.34. The molecule has 0 fully saturated rings. The molecule has 5 nitrogen and oxygen atoms in total. The van der Waals surface area contributed by atoms with Crippen molar-refractivity contribution in [2.75, 3.05) is 26.6 Å². The molecule has 5 heteroatoms. The molecule has 0 aliphatic heterocycles. The summed E-state index contributed by atoms with van der Waals surface area (Å²) in [6.07, 6.45) is 0. The number of benzene rings is 2. The summed E-state index contributed by atoms with van der Waals surface area (Å²) in [6.45, 7) is 2.39.